The van der Waals surface area contributed by atoms with E-state index < -0.39 is 11.4 Å². The molecule has 1 aromatic heterocycles. The normalized spacial score (nSPS) is 15.7. The average Bonchev–Trinajstić information content (AvgIpc) is 3.23. The maximum Gasteiger partial charge on any atom is 0.310 e. The van der Waals surface area contributed by atoms with Crippen molar-refractivity contribution in [3.8, 4) is 0 Å². The van der Waals surface area contributed by atoms with Gasteiger partial charge in [0, 0.05) is 31.8 Å². The predicted molar refractivity (Wildman–Crippen MR) is 119 cm³/mol. The number of hydrogen-bond donors (Lipinski definition) is 2. The number of aryl methyl sites for hydroxylation is 1. The summed E-state index contributed by atoms with van der Waals surface area (Å²) in [5.41, 5.74) is 1.09. The van der Waals surface area contributed by atoms with Gasteiger partial charge in [0.25, 0.3) is 0 Å². The quantitative estimate of drug-likeness (QED) is 0.422. The molecule has 0 spiro atoms. The van der Waals surface area contributed by atoms with Crippen LogP contribution in [-0.2, 0) is 22.6 Å². The van der Waals surface area contributed by atoms with Crippen molar-refractivity contribution < 1.29 is 14.7 Å². The van der Waals surface area contributed by atoms with Crippen molar-refractivity contribution in [1.82, 2.24) is 20.3 Å². The van der Waals surface area contributed by atoms with Gasteiger partial charge >= 0.3 is 5.97 Å². The van der Waals surface area contributed by atoms with Crippen LogP contribution in [0.1, 0.15) is 62.6 Å². The first kappa shape index (κ1) is 22.7. The largest absolute Gasteiger partial charge is 0.481 e. The summed E-state index contributed by atoms with van der Waals surface area (Å²) in [4.78, 5) is 23.7. The molecular weight excluding hydrogens is 392 g/mol. The summed E-state index contributed by atoms with van der Waals surface area (Å²) in [6.45, 7) is 1.39. The SMILES string of the molecule is O=C(/C=C/c1ccccc1)NCCCCCn1cc(CC2(C(=O)O)CCCCC2)nn1. The Morgan fingerprint density at radius 1 is 1.10 bits per heavy atom. The van der Waals surface area contributed by atoms with Gasteiger partial charge in [-0.05, 0) is 43.7 Å². The number of hydrogen-bond acceptors (Lipinski definition) is 4. The van der Waals surface area contributed by atoms with Crippen molar-refractivity contribution >= 4 is 18.0 Å². The molecule has 0 atom stereocenters. The smallest absolute Gasteiger partial charge is 0.310 e. The Labute approximate surface area is 183 Å². The molecule has 2 aromatic rings. The highest BCUT2D eigenvalue weighted by atomic mass is 16.4. The molecule has 2 N–H and O–H groups in total. The van der Waals surface area contributed by atoms with Gasteiger partial charge in [-0.25, -0.2) is 0 Å². The van der Waals surface area contributed by atoms with Crippen LogP contribution in [0, 0.1) is 5.41 Å². The van der Waals surface area contributed by atoms with Crippen molar-refractivity contribution in [3.05, 3.63) is 53.9 Å². The number of carbonyl (C=O) groups is 2. The highest BCUT2D eigenvalue weighted by molar-refractivity contribution is 5.91. The summed E-state index contributed by atoms with van der Waals surface area (Å²) >= 11 is 0. The molecule has 0 unspecified atom stereocenters. The van der Waals surface area contributed by atoms with Gasteiger partial charge in [0.1, 0.15) is 0 Å². The van der Waals surface area contributed by atoms with Gasteiger partial charge in [0.15, 0.2) is 0 Å². The Balaban J connectivity index is 1.32. The zero-order chi connectivity index (χ0) is 21.9. The predicted octanol–water partition coefficient (Wildman–Crippen LogP) is 3.86. The summed E-state index contributed by atoms with van der Waals surface area (Å²) in [5, 5.41) is 21.0. The van der Waals surface area contributed by atoms with E-state index in [-0.39, 0.29) is 5.91 Å². The molecule has 1 aliphatic carbocycles. The number of benzene rings is 1. The zero-order valence-corrected chi connectivity index (χ0v) is 18.0. The first-order chi connectivity index (χ1) is 15.1. The molecule has 0 aliphatic heterocycles. The first-order valence-electron chi connectivity index (χ1n) is 11.2. The van der Waals surface area contributed by atoms with Gasteiger partial charge in [-0.2, -0.15) is 0 Å². The number of aliphatic carboxylic acids is 1. The third kappa shape index (κ3) is 7.05. The minimum atomic E-state index is -0.706. The Morgan fingerprint density at radius 3 is 2.61 bits per heavy atom. The molecule has 1 aliphatic rings. The van der Waals surface area contributed by atoms with Gasteiger partial charge in [0.05, 0.1) is 11.1 Å². The molecule has 3 rings (SSSR count). The third-order valence-corrected chi connectivity index (χ3v) is 5.96. The van der Waals surface area contributed by atoms with Crippen molar-refractivity contribution in [3.63, 3.8) is 0 Å². The second-order valence-corrected chi connectivity index (χ2v) is 8.39. The lowest BCUT2D eigenvalue weighted by Gasteiger charge is -2.32. The summed E-state index contributed by atoms with van der Waals surface area (Å²) < 4.78 is 1.80. The van der Waals surface area contributed by atoms with Gasteiger partial charge in [-0.3, -0.25) is 14.3 Å². The molecule has 1 heterocycles. The topological polar surface area (TPSA) is 97.1 Å². The maximum absolute atomic E-state index is 11.8. The highest BCUT2D eigenvalue weighted by Gasteiger charge is 2.40. The minimum Gasteiger partial charge on any atom is -0.481 e. The Morgan fingerprint density at radius 2 is 1.87 bits per heavy atom. The van der Waals surface area contributed by atoms with Crippen LogP contribution in [0.2, 0.25) is 0 Å². The van der Waals surface area contributed by atoms with E-state index in [2.05, 4.69) is 15.6 Å². The van der Waals surface area contributed by atoms with Gasteiger partial charge in [-0.15, -0.1) is 5.10 Å². The lowest BCUT2D eigenvalue weighted by molar-refractivity contribution is -0.151. The molecule has 1 saturated carbocycles. The van der Waals surface area contributed by atoms with Crippen molar-refractivity contribution in [2.45, 2.75) is 64.3 Å². The fourth-order valence-electron chi connectivity index (χ4n) is 4.15. The molecule has 1 amide bonds. The molecule has 7 nitrogen and oxygen atoms in total. The molecule has 0 bridgehead atoms. The van der Waals surface area contributed by atoms with Crippen LogP contribution in [0.4, 0.5) is 0 Å². The number of carbonyl (C=O) groups excluding carboxylic acids is 1. The summed E-state index contributed by atoms with van der Waals surface area (Å²) in [7, 11) is 0. The average molecular weight is 425 g/mol. The number of carboxylic acid groups (broad SMARTS) is 1. The van der Waals surface area contributed by atoms with E-state index in [9.17, 15) is 14.7 Å². The molecule has 1 aromatic carbocycles. The standard InChI is InChI=1S/C24H32N4O3/c29-22(13-12-20-10-4-1-5-11-20)25-16-8-3-9-17-28-19-21(26-27-28)18-24(23(30)31)14-6-2-7-15-24/h1,4-5,10-13,19H,2-3,6-9,14-18H2,(H,25,29)(H,30,31)/b13-12+. The molecule has 0 radical (unpaired) electrons. The van der Waals surface area contributed by atoms with Crippen LogP contribution < -0.4 is 5.32 Å². The molecular formula is C24H32N4O3. The minimum absolute atomic E-state index is 0.0835. The van der Waals surface area contributed by atoms with Crippen LogP contribution in [0.25, 0.3) is 6.08 Å². The number of aromatic nitrogens is 3. The number of carboxylic acids is 1. The van der Waals surface area contributed by atoms with Gasteiger partial charge in [0.2, 0.25) is 5.91 Å². The van der Waals surface area contributed by atoms with Crippen molar-refractivity contribution in [2.75, 3.05) is 6.54 Å². The number of nitrogens with zero attached hydrogens (tertiary/aromatic N) is 3. The van der Waals surface area contributed by atoms with E-state index in [0.29, 0.717) is 13.0 Å². The lowest BCUT2D eigenvalue weighted by Crippen LogP contribution is -2.35. The molecule has 31 heavy (non-hydrogen) atoms. The van der Waals surface area contributed by atoms with E-state index in [1.165, 1.54) is 0 Å². The van der Waals surface area contributed by atoms with E-state index in [1.54, 1.807) is 16.8 Å². The van der Waals surface area contributed by atoms with Gasteiger partial charge in [-0.1, -0.05) is 54.8 Å². The maximum atomic E-state index is 11.8. The number of rotatable bonds is 11. The second-order valence-electron chi connectivity index (χ2n) is 8.39. The summed E-state index contributed by atoms with van der Waals surface area (Å²) in [5.74, 6) is -0.790. The number of nitrogens with one attached hydrogen (secondary N) is 1. The fourth-order valence-corrected chi connectivity index (χ4v) is 4.15. The fraction of sp³-hybridized carbons (Fsp3) is 0.500. The van der Waals surface area contributed by atoms with E-state index in [4.69, 9.17) is 0 Å². The van der Waals surface area contributed by atoms with E-state index in [1.807, 2.05) is 36.5 Å². The van der Waals surface area contributed by atoms with Crippen LogP contribution >= 0.6 is 0 Å². The van der Waals surface area contributed by atoms with Gasteiger partial charge < -0.3 is 10.4 Å². The third-order valence-electron chi connectivity index (χ3n) is 5.96. The highest BCUT2D eigenvalue weighted by Crippen LogP contribution is 2.39. The Kier molecular flexibility index (Phi) is 8.38. The molecule has 0 saturated heterocycles. The van der Waals surface area contributed by atoms with Crippen LogP contribution in [0.5, 0.6) is 0 Å². The lowest BCUT2D eigenvalue weighted by atomic mass is 9.71. The van der Waals surface area contributed by atoms with Crippen molar-refractivity contribution in [1.29, 1.82) is 0 Å². The first-order valence-corrected chi connectivity index (χ1v) is 11.2. The zero-order valence-electron chi connectivity index (χ0n) is 18.0. The van der Waals surface area contributed by atoms with Crippen LogP contribution in [0.3, 0.4) is 0 Å². The monoisotopic (exact) mass is 424 g/mol. The van der Waals surface area contributed by atoms with E-state index >= 15 is 0 Å². The van der Waals surface area contributed by atoms with Crippen LogP contribution in [-0.4, -0.2) is 38.5 Å². The molecule has 166 valence electrons. The number of amides is 1. The van der Waals surface area contributed by atoms with Crippen LogP contribution in [0.15, 0.2) is 42.6 Å². The van der Waals surface area contributed by atoms with E-state index in [0.717, 1.165) is 69.2 Å². The Hall–Kier alpha value is -2.96. The molecule has 7 heteroatoms. The summed E-state index contributed by atoms with van der Waals surface area (Å²) in [6.07, 6.45) is 13.0. The molecule has 1 fully saturated rings. The van der Waals surface area contributed by atoms with Crippen molar-refractivity contribution in [2.24, 2.45) is 5.41 Å². The number of unbranched alkanes of at least 4 members (excludes halogenated alkanes) is 2. The summed E-state index contributed by atoms with van der Waals surface area (Å²) in [6, 6.07) is 9.73. The Bertz CT molecular complexity index is 870. The second kappa shape index (κ2) is 11.4.